The van der Waals surface area contributed by atoms with Gasteiger partial charge in [0.1, 0.15) is 5.65 Å². The molecule has 0 saturated heterocycles. The van der Waals surface area contributed by atoms with Gasteiger partial charge in [-0.05, 0) is 29.8 Å². The van der Waals surface area contributed by atoms with Gasteiger partial charge in [0, 0.05) is 28.4 Å². The van der Waals surface area contributed by atoms with E-state index >= 15 is 0 Å². The highest BCUT2D eigenvalue weighted by molar-refractivity contribution is 6.31. The van der Waals surface area contributed by atoms with Crippen LogP contribution >= 0.6 is 11.6 Å². The van der Waals surface area contributed by atoms with Gasteiger partial charge in [0.15, 0.2) is 5.43 Å². The molecule has 5 aromatic rings. The standard InChI is InChI=1S/C23H15ClN2O/c1-26-19-12-11-15(24)13-17(19)22(27)21-20(14-7-3-2-4-8-14)16-9-5-6-10-18(16)25-23(21)26/h2-13H,1H3. The molecular formula is C23H15ClN2O. The summed E-state index contributed by atoms with van der Waals surface area (Å²) in [6, 6.07) is 23.4. The summed E-state index contributed by atoms with van der Waals surface area (Å²) in [6.07, 6.45) is 0. The molecule has 4 heteroatoms. The Kier molecular flexibility index (Phi) is 3.52. The van der Waals surface area contributed by atoms with Gasteiger partial charge in [0.05, 0.1) is 16.4 Å². The van der Waals surface area contributed by atoms with Gasteiger partial charge in [-0.25, -0.2) is 4.98 Å². The summed E-state index contributed by atoms with van der Waals surface area (Å²) in [4.78, 5) is 18.3. The molecule has 5 rings (SSSR count). The van der Waals surface area contributed by atoms with Crippen LogP contribution in [0.15, 0.2) is 77.6 Å². The molecule has 2 aromatic heterocycles. The molecule has 3 nitrogen and oxygen atoms in total. The van der Waals surface area contributed by atoms with Crippen molar-refractivity contribution in [2.75, 3.05) is 0 Å². The van der Waals surface area contributed by atoms with E-state index in [4.69, 9.17) is 16.6 Å². The molecule has 0 aliphatic carbocycles. The Morgan fingerprint density at radius 3 is 2.44 bits per heavy atom. The number of halogens is 1. The van der Waals surface area contributed by atoms with Crippen molar-refractivity contribution in [3.8, 4) is 11.1 Å². The molecule has 0 aliphatic rings. The van der Waals surface area contributed by atoms with Crippen LogP contribution < -0.4 is 5.43 Å². The molecule has 0 N–H and O–H groups in total. The molecule has 0 amide bonds. The van der Waals surface area contributed by atoms with Gasteiger partial charge in [-0.15, -0.1) is 0 Å². The number of fused-ring (bicyclic) bond motifs is 3. The SMILES string of the molecule is Cn1c2ccc(Cl)cc2c(=O)c2c(-c3ccccc3)c3ccccc3nc21. The zero-order valence-corrected chi connectivity index (χ0v) is 15.4. The molecule has 2 heterocycles. The first-order valence-corrected chi connectivity index (χ1v) is 9.09. The molecule has 0 unspecified atom stereocenters. The Bertz CT molecular complexity index is 1410. The van der Waals surface area contributed by atoms with Crippen LogP contribution in [0.25, 0.3) is 44.0 Å². The minimum Gasteiger partial charge on any atom is -0.328 e. The van der Waals surface area contributed by atoms with E-state index in [1.807, 2.05) is 72.3 Å². The molecule has 0 aliphatic heterocycles. The predicted octanol–water partition coefficient (Wildman–Crippen LogP) is 5.56. The number of pyridine rings is 2. The van der Waals surface area contributed by atoms with Crippen molar-refractivity contribution in [3.05, 3.63) is 88.0 Å². The third-order valence-electron chi connectivity index (χ3n) is 5.05. The third kappa shape index (κ3) is 2.36. The molecule has 0 bridgehead atoms. The van der Waals surface area contributed by atoms with E-state index in [9.17, 15) is 4.79 Å². The fourth-order valence-corrected chi connectivity index (χ4v) is 3.96. The van der Waals surface area contributed by atoms with Crippen molar-refractivity contribution in [1.82, 2.24) is 9.55 Å². The van der Waals surface area contributed by atoms with Crippen LogP contribution in [-0.4, -0.2) is 9.55 Å². The summed E-state index contributed by atoms with van der Waals surface area (Å²) in [7, 11) is 1.94. The topological polar surface area (TPSA) is 34.9 Å². The van der Waals surface area contributed by atoms with Crippen molar-refractivity contribution in [3.63, 3.8) is 0 Å². The highest BCUT2D eigenvalue weighted by Gasteiger charge is 2.18. The fourth-order valence-electron chi connectivity index (χ4n) is 3.79. The summed E-state index contributed by atoms with van der Waals surface area (Å²) < 4.78 is 1.97. The van der Waals surface area contributed by atoms with E-state index in [0.29, 0.717) is 21.4 Å². The lowest BCUT2D eigenvalue weighted by Crippen LogP contribution is -2.12. The average Bonchev–Trinajstić information content (AvgIpc) is 2.71. The average molecular weight is 371 g/mol. The first-order chi connectivity index (χ1) is 13.1. The number of aryl methyl sites for hydroxylation is 1. The number of para-hydroxylation sites is 1. The normalized spacial score (nSPS) is 11.5. The largest absolute Gasteiger partial charge is 0.328 e. The molecular weight excluding hydrogens is 356 g/mol. The maximum atomic E-state index is 13.5. The number of hydrogen-bond donors (Lipinski definition) is 0. The highest BCUT2D eigenvalue weighted by Crippen LogP contribution is 2.34. The molecule has 0 fully saturated rings. The lowest BCUT2D eigenvalue weighted by molar-refractivity contribution is 0.982. The molecule has 0 saturated carbocycles. The highest BCUT2D eigenvalue weighted by atomic mass is 35.5. The third-order valence-corrected chi connectivity index (χ3v) is 5.28. The monoisotopic (exact) mass is 370 g/mol. The van der Waals surface area contributed by atoms with E-state index in [1.54, 1.807) is 12.1 Å². The van der Waals surface area contributed by atoms with Crippen LogP contribution in [0.1, 0.15) is 0 Å². The zero-order valence-electron chi connectivity index (χ0n) is 14.6. The smallest absolute Gasteiger partial charge is 0.199 e. The van der Waals surface area contributed by atoms with E-state index in [2.05, 4.69) is 0 Å². The molecule has 0 spiro atoms. The number of aromatic nitrogens is 2. The Morgan fingerprint density at radius 2 is 1.63 bits per heavy atom. The van der Waals surface area contributed by atoms with E-state index in [-0.39, 0.29) is 5.43 Å². The van der Waals surface area contributed by atoms with Gasteiger partial charge in [-0.2, -0.15) is 0 Å². The van der Waals surface area contributed by atoms with Gasteiger partial charge in [-0.1, -0.05) is 60.1 Å². The molecule has 0 atom stereocenters. The lowest BCUT2D eigenvalue weighted by atomic mass is 9.96. The van der Waals surface area contributed by atoms with Crippen LogP contribution in [0.4, 0.5) is 0 Å². The van der Waals surface area contributed by atoms with Gasteiger partial charge in [0.25, 0.3) is 0 Å². The number of hydrogen-bond acceptors (Lipinski definition) is 2. The molecule has 3 aromatic carbocycles. The van der Waals surface area contributed by atoms with Crippen LogP contribution in [0.3, 0.4) is 0 Å². The van der Waals surface area contributed by atoms with Crippen LogP contribution in [0.5, 0.6) is 0 Å². The van der Waals surface area contributed by atoms with Crippen molar-refractivity contribution >= 4 is 44.4 Å². The second-order valence-corrected chi connectivity index (χ2v) is 7.05. The Hall–Kier alpha value is -3.17. The van der Waals surface area contributed by atoms with Gasteiger partial charge < -0.3 is 4.57 Å². The van der Waals surface area contributed by atoms with Crippen molar-refractivity contribution in [2.24, 2.45) is 7.05 Å². The summed E-state index contributed by atoms with van der Waals surface area (Å²) in [5.41, 5.74) is 4.23. The van der Waals surface area contributed by atoms with Crippen LogP contribution in [0, 0.1) is 0 Å². The molecule has 130 valence electrons. The predicted molar refractivity (Wildman–Crippen MR) is 112 cm³/mol. The maximum Gasteiger partial charge on any atom is 0.199 e. The summed E-state index contributed by atoms with van der Waals surface area (Å²) in [5.74, 6) is 0. The van der Waals surface area contributed by atoms with Crippen LogP contribution in [0.2, 0.25) is 5.02 Å². The molecule has 27 heavy (non-hydrogen) atoms. The second-order valence-electron chi connectivity index (χ2n) is 6.62. The Labute approximate surface area is 160 Å². The molecule has 0 radical (unpaired) electrons. The Balaban J connectivity index is 2.13. The first-order valence-electron chi connectivity index (χ1n) is 8.71. The quantitative estimate of drug-likeness (QED) is 0.362. The van der Waals surface area contributed by atoms with E-state index in [1.165, 1.54) is 0 Å². The van der Waals surface area contributed by atoms with Crippen molar-refractivity contribution < 1.29 is 0 Å². The Morgan fingerprint density at radius 1 is 0.889 bits per heavy atom. The van der Waals surface area contributed by atoms with Gasteiger partial charge >= 0.3 is 0 Å². The number of rotatable bonds is 1. The van der Waals surface area contributed by atoms with Crippen molar-refractivity contribution in [2.45, 2.75) is 0 Å². The minimum absolute atomic E-state index is 0.0438. The lowest BCUT2D eigenvalue weighted by Gasteiger charge is -2.15. The van der Waals surface area contributed by atoms with E-state index in [0.717, 1.165) is 27.5 Å². The summed E-state index contributed by atoms with van der Waals surface area (Å²) in [5, 5.41) is 2.74. The van der Waals surface area contributed by atoms with Crippen LogP contribution in [-0.2, 0) is 7.05 Å². The minimum atomic E-state index is -0.0438. The zero-order chi connectivity index (χ0) is 18.5. The number of benzene rings is 3. The van der Waals surface area contributed by atoms with Crippen molar-refractivity contribution in [1.29, 1.82) is 0 Å². The second kappa shape index (κ2) is 5.93. The maximum absolute atomic E-state index is 13.5. The van der Waals surface area contributed by atoms with Gasteiger partial charge in [-0.3, -0.25) is 4.79 Å². The fraction of sp³-hybridized carbons (Fsp3) is 0.0435. The summed E-state index contributed by atoms with van der Waals surface area (Å²) in [6.45, 7) is 0. The van der Waals surface area contributed by atoms with E-state index < -0.39 is 0 Å². The number of nitrogens with zero attached hydrogens (tertiary/aromatic N) is 2. The van der Waals surface area contributed by atoms with Gasteiger partial charge in [0.2, 0.25) is 0 Å². The first kappa shape index (κ1) is 16.0. The summed E-state index contributed by atoms with van der Waals surface area (Å²) >= 11 is 6.18.